The third kappa shape index (κ3) is 2.07. The number of hydrogen-bond donors (Lipinski definition) is 1. The van der Waals surface area contributed by atoms with Crippen molar-refractivity contribution in [3.05, 3.63) is 23.3 Å². The molecule has 1 saturated carbocycles. The van der Waals surface area contributed by atoms with Crippen LogP contribution in [0.25, 0.3) is 0 Å². The monoisotopic (exact) mass is 192 g/mol. The second-order valence-corrected chi connectivity index (χ2v) is 3.76. The van der Waals surface area contributed by atoms with Crippen LogP contribution in [0.15, 0.2) is 6.07 Å². The lowest BCUT2D eigenvalue weighted by Gasteiger charge is -2.01. The Labute approximate surface area is 82.0 Å². The molecule has 0 aliphatic heterocycles. The minimum Gasteiger partial charge on any atom is -0.477 e. The van der Waals surface area contributed by atoms with Gasteiger partial charge in [0.15, 0.2) is 5.69 Å². The zero-order valence-electron chi connectivity index (χ0n) is 8.03. The van der Waals surface area contributed by atoms with E-state index in [1.807, 2.05) is 0 Å². The molecule has 4 heteroatoms. The second-order valence-electron chi connectivity index (χ2n) is 3.76. The van der Waals surface area contributed by atoms with Crippen LogP contribution < -0.4 is 0 Å². The molecule has 0 spiro atoms. The molecule has 0 bridgehead atoms. The molecule has 1 aromatic rings. The number of aromatic carboxylic acids is 1. The van der Waals surface area contributed by atoms with Gasteiger partial charge in [-0.25, -0.2) is 14.8 Å². The van der Waals surface area contributed by atoms with Gasteiger partial charge < -0.3 is 5.11 Å². The van der Waals surface area contributed by atoms with Crippen molar-refractivity contribution in [2.24, 2.45) is 5.92 Å². The van der Waals surface area contributed by atoms with Gasteiger partial charge in [-0.05, 0) is 31.7 Å². The number of carboxylic acids is 1. The summed E-state index contributed by atoms with van der Waals surface area (Å²) < 4.78 is 0. The molecule has 1 aliphatic rings. The molecule has 1 N–H and O–H groups in total. The van der Waals surface area contributed by atoms with Gasteiger partial charge in [-0.2, -0.15) is 0 Å². The quantitative estimate of drug-likeness (QED) is 0.787. The van der Waals surface area contributed by atoms with Gasteiger partial charge in [-0.15, -0.1) is 0 Å². The zero-order chi connectivity index (χ0) is 10.1. The Morgan fingerprint density at radius 3 is 2.86 bits per heavy atom. The summed E-state index contributed by atoms with van der Waals surface area (Å²) in [4.78, 5) is 18.9. The van der Waals surface area contributed by atoms with Gasteiger partial charge >= 0.3 is 5.97 Å². The maximum atomic E-state index is 10.7. The Morgan fingerprint density at radius 2 is 2.29 bits per heavy atom. The highest BCUT2D eigenvalue weighted by Gasteiger charge is 2.23. The summed E-state index contributed by atoms with van der Waals surface area (Å²) in [6.45, 7) is 1.80. The number of hydrogen-bond acceptors (Lipinski definition) is 3. The van der Waals surface area contributed by atoms with E-state index in [9.17, 15) is 4.79 Å². The van der Waals surface area contributed by atoms with Crippen molar-refractivity contribution < 1.29 is 9.90 Å². The van der Waals surface area contributed by atoms with Gasteiger partial charge in [0, 0.05) is 12.1 Å². The SMILES string of the molecule is Cc1cc(C(=O)O)nc(CC2CC2)n1. The van der Waals surface area contributed by atoms with Crippen LogP contribution in [-0.4, -0.2) is 21.0 Å². The van der Waals surface area contributed by atoms with Crippen LogP contribution in [0.2, 0.25) is 0 Å². The first-order chi connectivity index (χ1) is 6.65. The van der Waals surface area contributed by atoms with Gasteiger partial charge in [-0.3, -0.25) is 0 Å². The molecule has 0 unspecified atom stereocenters. The summed E-state index contributed by atoms with van der Waals surface area (Å²) in [7, 11) is 0. The lowest BCUT2D eigenvalue weighted by atomic mass is 10.2. The van der Waals surface area contributed by atoms with Crippen molar-refractivity contribution >= 4 is 5.97 Å². The molecule has 2 rings (SSSR count). The fraction of sp³-hybridized carbons (Fsp3) is 0.500. The van der Waals surface area contributed by atoms with Gasteiger partial charge in [0.05, 0.1) is 0 Å². The first-order valence-electron chi connectivity index (χ1n) is 4.73. The van der Waals surface area contributed by atoms with E-state index >= 15 is 0 Å². The van der Waals surface area contributed by atoms with E-state index in [0.29, 0.717) is 11.7 Å². The van der Waals surface area contributed by atoms with E-state index in [-0.39, 0.29) is 5.69 Å². The molecule has 0 aromatic carbocycles. The Morgan fingerprint density at radius 1 is 1.57 bits per heavy atom. The average Bonchev–Trinajstić information content (AvgIpc) is 2.87. The van der Waals surface area contributed by atoms with Crippen molar-refractivity contribution in [3.63, 3.8) is 0 Å². The minimum absolute atomic E-state index is 0.105. The van der Waals surface area contributed by atoms with Crippen LogP contribution in [0, 0.1) is 12.8 Å². The molecule has 74 valence electrons. The highest BCUT2D eigenvalue weighted by Crippen LogP contribution is 2.31. The van der Waals surface area contributed by atoms with Crippen LogP contribution in [0.5, 0.6) is 0 Å². The molecule has 1 aromatic heterocycles. The minimum atomic E-state index is -0.979. The fourth-order valence-corrected chi connectivity index (χ4v) is 1.41. The van der Waals surface area contributed by atoms with Crippen LogP contribution in [0.3, 0.4) is 0 Å². The summed E-state index contributed by atoms with van der Waals surface area (Å²) in [5.74, 6) is 0.371. The molecular formula is C10H12N2O2. The molecule has 0 amide bonds. The molecule has 0 saturated heterocycles. The fourth-order valence-electron chi connectivity index (χ4n) is 1.41. The summed E-state index contributed by atoms with van der Waals surface area (Å²) in [5, 5.41) is 8.79. The van der Waals surface area contributed by atoms with Gasteiger partial charge in [-0.1, -0.05) is 0 Å². The van der Waals surface area contributed by atoms with Crippen LogP contribution in [0.1, 0.15) is 34.8 Å². The number of nitrogens with zero attached hydrogens (tertiary/aromatic N) is 2. The lowest BCUT2D eigenvalue weighted by molar-refractivity contribution is 0.0689. The predicted molar refractivity (Wildman–Crippen MR) is 50.2 cm³/mol. The first kappa shape index (κ1) is 9.12. The van der Waals surface area contributed by atoms with E-state index in [1.165, 1.54) is 18.9 Å². The maximum Gasteiger partial charge on any atom is 0.354 e. The van der Waals surface area contributed by atoms with E-state index < -0.39 is 5.97 Å². The van der Waals surface area contributed by atoms with Gasteiger partial charge in [0.1, 0.15) is 5.82 Å². The normalized spacial score (nSPS) is 15.5. The Balaban J connectivity index is 2.25. The third-order valence-electron chi connectivity index (χ3n) is 2.29. The summed E-state index contributed by atoms with van der Waals surface area (Å²) in [6, 6.07) is 1.50. The number of aromatic nitrogens is 2. The first-order valence-corrected chi connectivity index (χ1v) is 4.73. The smallest absolute Gasteiger partial charge is 0.354 e. The highest BCUT2D eigenvalue weighted by atomic mass is 16.4. The molecule has 1 fully saturated rings. The van der Waals surface area contributed by atoms with Gasteiger partial charge in [0.2, 0.25) is 0 Å². The topological polar surface area (TPSA) is 63.1 Å². The molecule has 1 heterocycles. The van der Waals surface area contributed by atoms with Crippen LogP contribution in [0.4, 0.5) is 0 Å². The number of rotatable bonds is 3. The molecule has 4 nitrogen and oxygen atoms in total. The Bertz CT molecular complexity index is 372. The zero-order valence-corrected chi connectivity index (χ0v) is 8.03. The largest absolute Gasteiger partial charge is 0.477 e. The number of carbonyl (C=O) groups is 1. The van der Waals surface area contributed by atoms with Crippen molar-refractivity contribution in [2.75, 3.05) is 0 Å². The molecule has 0 atom stereocenters. The van der Waals surface area contributed by atoms with E-state index in [4.69, 9.17) is 5.11 Å². The summed E-state index contributed by atoms with van der Waals surface area (Å²) in [6.07, 6.45) is 3.27. The van der Waals surface area contributed by atoms with E-state index in [2.05, 4.69) is 9.97 Å². The molecule has 0 radical (unpaired) electrons. The predicted octanol–water partition coefficient (Wildman–Crippen LogP) is 1.44. The molecule has 14 heavy (non-hydrogen) atoms. The number of aryl methyl sites for hydroxylation is 1. The van der Waals surface area contributed by atoms with Crippen LogP contribution >= 0.6 is 0 Å². The van der Waals surface area contributed by atoms with Crippen molar-refractivity contribution in [3.8, 4) is 0 Å². The Kier molecular flexibility index (Phi) is 2.19. The summed E-state index contributed by atoms with van der Waals surface area (Å²) in [5.41, 5.74) is 0.834. The standard InChI is InChI=1S/C10H12N2O2/c1-6-4-8(10(13)14)12-9(11-6)5-7-2-3-7/h4,7H,2-3,5H2,1H3,(H,13,14). The second kappa shape index (κ2) is 3.36. The van der Waals surface area contributed by atoms with E-state index in [0.717, 1.165) is 12.1 Å². The van der Waals surface area contributed by atoms with E-state index in [1.54, 1.807) is 6.92 Å². The van der Waals surface area contributed by atoms with Crippen LogP contribution in [-0.2, 0) is 6.42 Å². The lowest BCUT2D eigenvalue weighted by Crippen LogP contribution is -2.07. The molecular weight excluding hydrogens is 180 g/mol. The van der Waals surface area contributed by atoms with Crippen molar-refractivity contribution in [2.45, 2.75) is 26.2 Å². The molecule has 1 aliphatic carbocycles. The third-order valence-corrected chi connectivity index (χ3v) is 2.29. The van der Waals surface area contributed by atoms with Gasteiger partial charge in [0.25, 0.3) is 0 Å². The number of carboxylic acid groups (broad SMARTS) is 1. The highest BCUT2D eigenvalue weighted by molar-refractivity contribution is 5.85. The summed E-state index contributed by atoms with van der Waals surface area (Å²) >= 11 is 0. The van der Waals surface area contributed by atoms with Crippen molar-refractivity contribution in [1.82, 2.24) is 9.97 Å². The Hall–Kier alpha value is -1.45. The maximum absolute atomic E-state index is 10.7. The average molecular weight is 192 g/mol. The van der Waals surface area contributed by atoms with Crippen molar-refractivity contribution in [1.29, 1.82) is 0 Å².